The summed E-state index contributed by atoms with van der Waals surface area (Å²) in [7, 11) is -1.23. The Morgan fingerprint density at radius 3 is 2.23 bits per heavy atom. The van der Waals surface area contributed by atoms with Crippen LogP contribution in [0, 0.1) is 19.1 Å². The number of aromatic nitrogens is 2. The van der Waals surface area contributed by atoms with Gasteiger partial charge in [0.15, 0.2) is 0 Å². The molecule has 3 aromatic heterocycles. The predicted molar refractivity (Wildman–Crippen MR) is 224 cm³/mol. The van der Waals surface area contributed by atoms with Gasteiger partial charge in [-0.15, -0.1) is 53.4 Å². The molecule has 0 saturated carbocycles. The summed E-state index contributed by atoms with van der Waals surface area (Å²) in [6.45, 7) is 13.0. The summed E-state index contributed by atoms with van der Waals surface area (Å²) in [6, 6.07) is 47.5. The topological polar surface area (TPSA) is 25.8 Å². The minimum absolute atomic E-state index is 0. The van der Waals surface area contributed by atoms with E-state index < -0.39 is 14.0 Å². The van der Waals surface area contributed by atoms with Crippen LogP contribution in [0.5, 0.6) is 0 Å². The summed E-state index contributed by atoms with van der Waals surface area (Å²) in [5, 5.41) is 11.4. The van der Waals surface area contributed by atoms with Gasteiger partial charge in [0.2, 0.25) is 0 Å². The van der Waals surface area contributed by atoms with E-state index in [-0.39, 0.29) is 20.1 Å². The van der Waals surface area contributed by atoms with Crippen LogP contribution in [0.3, 0.4) is 0 Å². The molecule has 52 heavy (non-hydrogen) atoms. The fourth-order valence-corrected chi connectivity index (χ4v) is 9.26. The van der Waals surface area contributed by atoms with E-state index in [1.54, 1.807) is 0 Å². The Labute approximate surface area is 326 Å². The van der Waals surface area contributed by atoms with E-state index in [9.17, 15) is 0 Å². The summed E-state index contributed by atoms with van der Waals surface area (Å²) in [5.41, 5.74) is 6.19. The van der Waals surface area contributed by atoms with Crippen molar-refractivity contribution in [3.8, 4) is 22.5 Å². The SMILES string of the molecule is C[Si](C)(C)c1ccc(-c2[c-]cccc2)nc1.[2H]C(C)(C)c1ccnc(-c2[c-]c3ccccc3c3c2sc2c4ccc5cc(C)ccc5c4ccc23)c1.[Ir]. The number of rotatable bonds is 4. The molecule has 9 aromatic rings. The van der Waals surface area contributed by atoms with Crippen LogP contribution in [0.2, 0.25) is 19.6 Å². The van der Waals surface area contributed by atoms with Gasteiger partial charge in [-0.3, -0.25) is 4.98 Å². The number of benzene rings is 6. The molecule has 2 nitrogen and oxygen atoms in total. The van der Waals surface area contributed by atoms with E-state index in [0.717, 1.165) is 33.5 Å². The van der Waals surface area contributed by atoms with E-state index in [1.807, 2.05) is 67.9 Å². The Kier molecular flexibility index (Phi) is 9.63. The van der Waals surface area contributed by atoms with Crippen LogP contribution in [-0.4, -0.2) is 18.0 Å². The number of thiophene rings is 1. The molecule has 3 heterocycles. The van der Waals surface area contributed by atoms with Crippen molar-refractivity contribution in [2.24, 2.45) is 0 Å². The Hall–Kier alpha value is -4.51. The zero-order chi connectivity index (χ0) is 36.2. The first-order chi connectivity index (χ1) is 25.0. The van der Waals surface area contributed by atoms with Crippen molar-refractivity contribution < 1.29 is 21.5 Å². The molecule has 0 aliphatic rings. The Balaban J connectivity index is 0.000000216. The van der Waals surface area contributed by atoms with Crippen molar-refractivity contribution in [2.75, 3.05) is 0 Å². The van der Waals surface area contributed by atoms with Gasteiger partial charge in [0.05, 0.1) is 8.07 Å². The van der Waals surface area contributed by atoms with E-state index >= 15 is 0 Å². The maximum Gasteiger partial charge on any atom is 0.0795 e. The molecule has 1 radical (unpaired) electrons. The molecule has 0 spiro atoms. The molecule has 9 rings (SSSR count). The summed E-state index contributed by atoms with van der Waals surface area (Å²) in [5.74, 6) is -0.691. The van der Waals surface area contributed by atoms with Crippen LogP contribution in [0.25, 0.3) is 75.0 Å². The minimum Gasteiger partial charge on any atom is -0.305 e. The van der Waals surface area contributed by atoms with Crippen molar-refractivity contribution in [1.82, 2.24) is 9.97 Å². The van der Waals surface area contributed by atoms with Gasteiger partial charge in [-0.2, -0.15) is 11.3 Å². The fourth-order valence-electron chi connectivity index (χ4n) is 6.87. The molecule has 6 aromatic carbocycles. The van der Waals surface area contributed by atoms with Gasteiger partial charge in [0.25, 0.3) is 0 Å². The minimum atomic E-state index is -1.23. The normalized spacial score (nSPS) is 12.2. The molecule has 0 saturated heterocycles. The van der Waals surface area contributed by atoms with Gasteiger partial charge in [-0.25, -0.2) is 0 Å². The number of aryl methyl sites for hydroxylation is 1. The second-order valence-corrected chi connectivity index (χ2v) is 20.7. The molecule has 0 aliphatic heterocycles. The first-order valence-electron chi connectivity index (χ1n) is 18.0. The van der Waals surface area contributed by atoms with Crippen LogP contribution < -0.4 is 5.19 Å². The quantitative estimate of drug-likeness (QED) is 0.1000. The van der Waals surface area contributed by atoms with Gasteiger partial charge in [0.1, 0.15) is 0 Å². The third-order valence-electron chi connectivity index (χ3n) is 9.71. The molecular weight excluding hydrogens is 845 g/mol. The van der Waals surface area contributed by atoms with Gasteiger partial charge in [-0.1, -0.05) is 134 Å². The third kappa shape index (κ3) is 6.75. The summed E-state index contributed by atoms with van der Waals surface area (Å²) in [6.07, 6.45) is 3.84. The van der Waals surface area contributed by atoms with Gasteiger partial charge >= 0.3 is 0 Å². The molecule has 0 N–H and O–H groups in total. The Morgan fingerprint density at radius 1 is 0.712 bits per heavy atom. The van der Waals surface area contributed by atoms with Crippen LogP contribution in [-0.2, 0) is 20.1 Å². The number of nitrogens with zero attached hydrogens (tertiary/aromatic N) is 2. The van der Waals surface area contributed by atoms with Crippen LogP contribution in [0.1, 0.15) is 32.2 Å². The summed E-state index contributed by atoms with van der Waals surface area (Å²) >= 11 is 1.83. The van der Waals surface area contributed by atoms with Crippen LogP contribution >= 0.6 is 11.3 Å². The number of hydrogen-bond acceptors (Lipinski definition) is 3. The van der Waals surface area contributed by atoms with E-state index in [4.69, 9.17) is 6.35 Å². The summed E-state index contributed by atoms with van der Waals surface area (Å²) < 4.78 is 11.0. The second kappa shape index (κ2) is 14.5. The molecule has 0 fully saturated rings. The molecule has 0 atom stereocenters. The second-order valence-electron chi connectivity index (χ2n) is 14.6. The monoisotopic (exact) mass is 886 g/mol. The average molecular weight is 886 g/mol. The van der Waals surface area contributed by atoms with Gasteiger partial charge in [-0.05, 0) is 67.0 Å². The van der Waals surface area contributed by atoms with Crippen molar-refractivity contribution >= 4 is 77.1 Å². The molecule has 259 valence electrons. The van der Waals surface area contributed by atoms with Gasteiger partial charge in [0, 0.05) is 44.3 Å². The smallest absolute Gasteiger partial charge is 0.0795 e. The molecule has 5 heteroatoms. The maximum atomic E-state index is 8.55. The number of pyridine rings is 2. The Bertz CT molecular complexity index is 2760. The molecule has 0 unspecified atom stereocenters. The molecule has 0 bridgehead atoms. The third-order valence-corrected chi connectivity index (χ3v) is 13.0. The fraction of sp³-hybridized carbons (Fsp3) is 0.149. The van der Waals surface area contributed by atoms with E-state index in [0.29, 0.717) is 0 Å². The van der Waals surface area contributed by atoms with E-state index in [2.05, 4.69) is 129 Å². The molecule has 0 amide bonds. The van der Waals surface area contributed by atoms with Crippen molar-refractivity contribution in [3.05, 3.63) is 151 Å². The zero-order valence-corrected chi connectivity index (χ0v) is 34.5. The first-order valence-corrected chi connectivity index (χ1v) is 21.8. The van der Waals surface area contributed by atoms with Crippen molar-refractivity contribution in [2.45, 2.75) is 46.3 Å². The number of hydrogen-bond donors (Lipinski definition) is 0. The maximum absolute atomic E-state index is 8.55. The van der Waals surface area contributed by atoms with Crippen LogP contribution in [0.4, 0.5) is 0 Å². The van der Waals surface area contributed by atoms with Gasteiger partial charge < -0.3 is 4.98 Å². The Morgan fingerprint density at radius 2 is 1.48 bits per heavy atom. The zero-order valence-electron chi connectivity index (χ0n) is 31.3. The largest absolute Gasteiger partial charge is 0.305 e. The number of fused-ring (bicyclic) bond motifs is 9. The molecule has 0 aliphatic carbocycles. The first kappa shape index (κ1) is 34.6. The predicted octanol–water partition coefficient (Wildman–Crippen LogP) is 12.9. The summed E-state index contributed by atoms with van der Waals surface area (Å²) in [4.78, 5) is 9.27. The average Bonchev–Trinajstić information content (AvgIpc) is 3.55. The van der Waals surface area contributed by atoms with Crippen molar-refractivity contribution in [1.29, 1.82) is 0 Å². The molecular formula is C47H40IrN2SSi-2. The van der Waals surface area contributed by atoms with E-state index in [1.165, 1.54) is 57.9 Å². The van der Waals surface area contributed by atoms with Crippen LogP contribution in [0.15, 0.2) is 128 Å². The van der Waals surface area contributed by atoms with Crippen molar-refractivity contribution in [3.63, 3.8) is 0 Å². The standard InChI is InChI=1S/C33H24NS.C14H16NSi.Ir/c1-19(2)21-14-15-34-30(18-21)29-17-22-6-4-5-7-25(22)31-28-13-12-26-24-10-8-20(3)16-23(24)9-11-27(26)32(28)35-33(29)31;1-16(2,3)13-9-10-14(15-11-13)12-7-5-4-6-8-12;/h4-16,18-19H,1-3H3;4-7,9-11H,1-3H3;/q2*-1;/i19D;;.